The zero-order valence-corrected chi connectivity index (χ0v) is 17.9. The highest BCUT2D eigenvalue weighted by molar-refractivity contribution is 7.91. The topological polar surface area (TPSA) is 96.3 Å². The van der Waals surface area contributed by atoms with Gasteiger partial charge in [-0.25, -0.2) is 13.4 Å². The number of nitrogens with zero attached hydrogens (tertiary/aromatic N) is 3. The van der Waals surface area contributed by atoms with Crippen LogP contribution in [0.15, 0.2) is 62.7 Å². The van der Waals surface area contributed by atoms with Gasteiger partial charge in [-0.05, 0) is 37.7 Å². The molecule has 0 bridgehead atoms. The quantitative estimate of drug-likeness (QED) is 0.604. The van der Waals surface area contributed by atoms with Crippen LogP contribution in [0.2, 0.25) is 0 Å². The van der Waals surface area contributed by atoms with E-state index in [1.807, 2.05) is 36.4 Å². The Morgan fingerprint density at radius 1 is 1.26 bits per heavy atom. The van der Waals surface area contributed by atoms with Crippen molar-refractivity contribution < 1.29 is 22.0 Å². The van der Waals surface area contributed by atoms with Crippen LogP contribution in [-0.2, 0) is 14.6 Å². The number of hydrogen-bond acceptors (Lipinski definition) is 7. The Morgan fingerprint density at radius 2 is 2.10 bits per heavy atom. The Morgan fingerprint density at radius 3 is 2.81 bits per heavy atom. The van der Waals surface area contributed by atoms with Crippen molar-refractivity contribution in [2.75, 3.05) is 25.1 Å². The number of furan rings is 2. The molecule has 0 radical (unpaired) electrons. The molecule has 0 saturated carbocycles. The number of hydrazone groups is 1. The van der Waals surface area contributed by atoms with Crippen LogP contribution in [0, 0.1) is 0 Å². The van der Waals surface area contributed by atoms with Crippen molar-refractivity contribution in [1.29, 1.82) is 0 Å². The zero-order valence-electron chi connectivity index (χ0n) is 17.1. The highest BCUT2D eigenvalue weighted by Gasteiger charge is 2.38. The van der Waals surface area contributed by atoms with Gasteiger partial charge in [-0.1, -0.05) is 18.2 Å². The summed E-state index contributed by atoms with van der Waals surface area (Å²) in [4.78, 5) is 15.0. The summed E-state index contributed by atoms with van der Waals surface area (Å²) < 4.78 is 35.1. The number of carbonyl (C=O) groups is 1. The number of sulfone groups is 1. The monoisotopic (exact) mass is 441 g/mol. The lowest BCUT2D eigenvalue weighted by atomic mass is 10.1. The summed E-state index contributed by atoms with van der Waals surface area (Å²) in [6.07, 6.45) is 2.59. The Kier molecular flexibility index (Phi) is 4.94. The van der Waals surface area contributed by atoms with E-state index in [0.717, 1.165) is 11.0 Å². The number of likely N-dealkylation sites (N-methyl/N-ethyl adjacent to an activating group) is 1. The second-order valence-electron chi connectivity index (χ2n) is 8.14. The van der Waals surface area contributed by atoms with E-state index in [2.05, 4.69) is 5.10 Å². The largest absolute Gasteiger partial charge is 0.467 e. The van der Waals surface area contributed by atoms with Crippen molar-refractivity contribution in [1.82, 2.24) is 9.91 Å². The lowest BCUT2D eigenvalue weighted by Crippen LogP contribution is -2.41. The fourth-order valence-electron chi connectivity index (χ4n) is 4.25. The first-order chi connectivity index (χ1) is 14.9. The lowest BCUT2D eigenvalue weighted by Gasteiger charge is -2.26. The van der Waals surface area contributed by atoms with Gasteiger partial charge in [-0.2, -0.15) is 5.10 Å². The van der Waals surface area contributed by atoms with Gasteiger partial charge < -0.3 is 8.83 Å². The molecule has 0 aliphatic carbocycles. The Hall–Kier alpha value is -2.91. The second kappa shape index (κ2) is 7.65. The van der Waals surface area contributed by atoms with Gasteiger partial charge >= 0.3 is 0 Å². The highest BCUT2D eigenvalue weighted by atomic mass is 32.2. The van der Waals surface area contributed by atoms with Gasteiger partial charge in [0.15, 0.2) is 15.6 Å². The highest BCUT2D eigenvalue weighted by Crippen LogP contribution is 2.34. The van der Waals surface area contributed by atoms with E-state index < -0.39 is 9.84 Å². The molecule has 8 nitrogen and oxygen atoms in total. The molecule has 162 valence electrons. The van der Waals surface area contributed by atoms with Crippen LogP contribution in [0.4, 0.5) is 0 Å². The van der Waals surface area contributed by atoms with Crippen LogP contribution >= 0.6 is 0 Å². The molecular weight excluding hydrogens is 418 g/mol. The summed E-state index contributed by atoms with van der Waals surface area (Å²) in [5.41, 5.74) is 1.44. The summed E-state index contributed by atoms with van der Waals surface area (Å²) in [6, 6.07) is 12.7. The third-order valence-corrected chi connectivity index (χ3v) is 7.71. The summed E-state index contributed by atoms with van der Waals surface area (Å²) in [7, 11) is -1.24. The second-order valence-corrected chi connectivity index (χ2v) is 10.4. The molecule has 1 fully saturated rings. The number of amides is 1. The Balaban J connectivity index is 1.40. The summed E-state index contributed by atoms with van der Waals surface area (Å²) in [6.45, 7) is 0.0777. The molecule has 4 heterocycles. The molecular formula is C22H23N3O5S. The predicted molar refractivity (Wildman–Crippen MR) is 115 cm³/mol. The van der Waals surface area contributed by atoms with E-state index >= 15 is 0 Å². The zero-order chi connectivity index (χ0) is 21.6. The average Bonchev–Trinajstić information content (AvgIpc) is 3.51. The van der Waals surface area contributed by atoms with Gasteiger partial charge in [-0.15, -0.1) is 0 Å². The maximum absolute atomic E-state index is 13.2. The number of carbonyl (C=O) groups excluding carboxylic acids is 1. The van der Waals surface area contributed by atoms with Crippen molar-refractivity contribution in [2.45, 2.75) is 24.9 Å². The number of rotatable bonds is 5. The molecule has 1 amide bonds. The fraction of sp³-hybridized carbons (Fsp3) is 0.364. The molecule has 3 aromatic rings. The third-order valence-electron chi connectivity index (χ3n) is 5.96. The normalized spacial score (nSPS) is 23.0. The van der Waals surface area contributed by atoms with Crippen molar-refractivity contribution in [3.63, 3.8) is 0 Å². The van der Waals surface area contributed by atoms with Crippen LogP contribution in [0.25, 0.3) is 11.0 Å². The van der Waals surface area contributed by atoms with Crippen molar-refractivity contribution in [3.8, 4) is 0 Å². The molecule has 31 heavy (non-hydrogen) atoms. The van der Waals surface area contributed by atoms with E-state index in [1.165, 1.54) is 5.01 Å². The molecule has 2 aliphatic heterocycles. The van der Waals surface area contributed by atoms with Crippen molar-refractivity contribution >= 4 is 32.4 Å². The van der Waals surface area contributed by atoms with E-state index in [-0.39, 0.29) is 36.0 Å². The summed E-state index contributed by atoms with van der Waals surface area (Å²) >= 11 is 0. The minimum absolute atomic E-state index is 0.0777. The van der Waals surface area contributed by atoms with Crippen LogP contribution in [0.1, 0.15) is 30.4 Å². The molecule has 0 N–H and O–H groups in total. The first-order valence-electron chi connectivity index (χ1n) is 10.2. The smallest absolute Gasteiger partial charge is 0.257 e. The molecule has 0 unspecified atom stereocenters. The molecule has 1 aromatic carbocycles. The molecule has 2 aromatic heterocycles. The number of hydrogen-bond donors (Lipinski definition) is 0. The molecule has 0 spiro atoms. The van der Waals surface area contributed by atoms with Gasteiger partial charge in [0.25, 0.3) is 5.91 Å². The maximum Gasteiger partial charge on any atom is 0.257 e. The van der Waals surface area contributed by atoms with Crippen LogP contribution < -0.4 is 0 Å². The molecule has 1 saturated heterocycles. The third kappa shape index (κ3) is 3.90. The maximum atomic E-state index is 13.2. The Bertz CT molecular complexity index is 1210. The lowest BCUT2D eigenvalue weighted by molar-refractivity contribution is -0.134. The fourth-order valence-corrected chi connectivity index (χ4v) is 6.06. The first kappa shape index (κ1) is 20.0. The molecule has 9 heteroatoms. The van der Waals surface area contributed by atoms with Crippen LogP contribution in [-0.4, -0.2) is 61.1 Å². The predicted octanol–water partition coefficient (Wildman–Crippen LogP) is 2.82. The summed E-state index contributed by atoms with van der Waals surface area (Å²) in [5.74, 6) is 1.33. The Labute approximate surface area is 180 Å². The van der Waals surface area contributed by atoms with Crippen LogP contribution in [0.3, 0.4) is 0 Å². The van der Waals surface area contributed by atoms with Gasteiger partial charge in [0.1, 0.15) is 23.1 Å². The standard InChI is InChI=1S/C22H23N3O5S/c1-24(16-8-10-31(27,28)14-16)13-22(26)25-18(20-7-4-9-29-20)12-17(23-25)21-11-15-5-2-3-6-19(15)30-21/h2-7,9,11,16,18H,8,10,12-14H2,1H3/t16-,18+/m1/s1. The van der Waals surface area contributed by atoms with Gasteiger partial charge in [0.05, 0.1) is 24.3 Å². The van der Waals surface area contributed by atoms with E-state index in [4.69, 9.17) is 8.83 Å². The summed E-state index contributed by atoms with van der Waals surface area (Å²) in [5, 5.41) is 7.02. The molecule has 2 aliphatic rings. The molecule has 2 atom stereocenters. The first-order valence-corrected chi connectivity index (χ1v) is 12.0. The van der Waals surface area contributed by atoms with Crippen LogP contribution in [0.5, 0.6) is 0 Å². The van der Waals surface area contributed by atoms with E-state index in [0.29, 0.717) is 30.1 Å². The van der Waals surface area contributed by atoms with E-state index in [9.17, 15) is 13.2 Å². The van der Waals surface area contributed by atoms with Crippen molar-refractivity contribution in [3.05, 3.63) is 60.2 Å². The SMILES string of the molecule is CN(CC(=O)N1N=C(c2cc3ccccc3o2)C[C@H]1c1ccco1)[C@@H]1CCS(=O)(=O)C1. The van der Waals surface area contributed by atoms with E-state index in [1.54, 1.807) is 24.3 Å². The minimum atomic E-state index is -3.02. The van der Waals surface area contributed by atoms with Gasteiger partial charge in [0, 0.05) is 17.8 Å². The van der Waals surface area contributed by atoms with Crippen molar-refractivity contribution in [2.24, 2.45) is 5.10 Å². The minimum Gasteiger partial charge on any atom is -0.467 e. The molecule has 5 rings (SSSR count). The van der Waals surface area contributed by atoms with Gasteiger partial charge in [-0.3, -0.25) is 9.69 Å². The van der Waals surface area contributed by atoms with Gasteiger partial charge in [0.2, 0.25) is 0 Å². The average molecular weight is 442 g/mol. The number of para-hydroxylation sites is 1. The number of fused-ring (bicyclic) bond motifs is 1. The number of benzene rings is 1.